The zero-order valence-corrected chi connectivity index (χ0v) is 11.4. The smallest absolute Gasteiger partial charge is 0.202 e. The van der Waals surface area contributed by atoms with E-state index in [9.17, 15) is 0 Å². The molecule has 0 saturated carbocycles. The van der Waals surface area contributed by atoms with Crippen molar-refractivity contribution < 1.29 is 4.74 Å². The number of nitrogens with one attached hydrogen (secondary N) is 1. The van der Waals surface area contributed by atoms with Crippen LogP contribution in [0.1, 0.15) is 13.3 Å². The summed E-state index contributed by atoms with van der Waals surface area (Å²) >= 11 is 0. The molecule has 0 aromatic carbocycles. The van der Waals surface area contributed by atoms with Gasteiger partial charge in [0.2, 0.25) is 5.95 Å². The van der Waals surface area contributed by atoms with E-state index < -0.39 is 0 Å². The summed E-state index contributed by atoms with van der Waals surface area (Å²) < 4.78 is 7.20. The molecule has 1 aliphatic heterocycles. The van der Waals surface area contributed by atoms with Gasteiger partial charge in [-0.2, -0.15) is 0 Å². The second-order valence-electron chi connectivity index (χ2n) is 4.87. The van der Waals surface area contributed by atoms with Crippen LogP contribution >= 0.6 is 0 Å². The van der Waals surface area contributed by atoms with Crippen LogP contribution in [0.25, 0.3) is 0 Å². The Labute approximate surface area is 109 Å². The summed E-state index contributed by atoms with van der Waals surface area (Å²) in [5.41, 5.74) is 0. The molecule has 1 aromatic heterocycles. The van der Waals surface area contributed by atoms with E-state index in [1.165, 1.54) is 26.1 Å². The molecule has 2 rings (SSSR count). The van der Waals surface area contributed by atoms with E-state index in [0.717, 1.165) is 31.6 Å². The van der Waals surface area contributed by atoms with Gasteiger partial charge in [-0.3, -0.25) is 0 Å². The molecule has 1 aromatic rings. The Morgan fingerprint density at radius 1 is 1.56 bits per heavy atom. The standard InChI is InChI=1S/C13H24N4O/c1-3-16-6-4-12(11-16)10-15-13-14-5-7-17(13)8-9-18-2/h5,7,12H,3-4,6,8-11H2,1-2H3,(H,14,15). The van der Waals surface area contributed by atoms with Crippen LogP contribution in [-0.4, -0.2) is 54.3 Å². The lowest BCUT2D eigenvalue weighted by molar-refractivity contribution is 0.187. The summed E-state index contributed by atoms with van der Waals surface area (Å²) in [6.07, 6.45) is 5.12. The molecular weight excluding hydrogens is 228 g/mol. The fraction of sp³-hybridized carbons (Fsp3) is 0.769. The Morgan fingerprint density at radius 3 is 3.17 bits per heavy atom. The molecule has 0 amide bonds. The van der Waals surface area contributed by atoms with Crippen molar-refractivity contribution in [3.05, 3.63) is 12.4 Å². The molecule has 1 N–H and O–H groups in total. The molecule has 1 aliphatic rings. The minimum Gasteiger partial charge on any atom is -0.383 e. The predicted molar refractivity (Wildman–Crippen MR) is 72.8 cm³/mol. The molecule has 0 radical (unpaired) electrons. The molecule has 5 nitrogen and oxygen atoms in total. The molecule has 5 heteroatoms. The van der Waals surface area contributed by atoms with Crippen LogP contribution in [0.3, 0.4) is 0 Å². The summed E-state index contributed by atoms with van der Waals surface area (Å²) in [4.78, 5) is 6.86. The summed E-state index contributed by atoms with van der Waals surface area (Å²) in [5.74, 6) is 1.71. The first-order chi connectivity index (χ1) is 8.83. The highest BCUT2D eigenvalue weighted by Crippen LogP contribution is 2.16. The van der Waals surface area contributed by atoms with Crippen LogP contribution in [-0.2, 0) is 11.3 Å². The van der Waals surface area contributed by atoms with E-state index in [0.29, 0.717) is 0 Å². The van der Waals surface area contributed by atoms with E-state index in [-0.39, 0.29) is 0 Å². The van der Waals surface area contributed by atoms with Gasteiger partial charge in [0.1, 0.15) is 0 Å². The number of likely N-dealkylation sites (tertiary alicyclic amines) is 1. The SMILES string of the molecule is CCN1CCC(CNc2nccn2CCOC)C1. The maximum atomic E-state index is 5.09. The lowest BCUT2D eigenvalue weighted by atomic mass is 10.1. The molecule has 1 atom stereocenters. The lowest BCUT2D eigenvalue weighted by Gasteiger charge is -2.15. The molecule has 1 unspecified atom stereocenters. The van der Waals surface area contributed by atoms with Crippen LogP contribution < -0.4 is 5.32 Å². The second kappa shape index (κ2) is 6.75. The van der Waals surface area contributed by atoms with E-state index >= 15 is 0 Å². The van der Waals surface area contributed by atoms with E-state index in [1.54, 1.807) is 7.11 Å². The molecular formula is C13H24N4O. The fourth-order valence-electron chi connectivity index (χ4n) is 2.45. The zero-order valence-electron chi connectivity index (χ0n) is 11.4. The number of methoxy groups -OCH3 is 1. The highest BCUT2D eigenvalue weighted by Gasteiger charge is 2.21. The number of hydrogen-bond donors (Lipinski definition) is 1. The van der Waals surface area contributed by atoms with Gasteiger partial charge in [-0.15, -0.1) is 0 Å². The van der Waals surface area contributed by atoms with Gasteiger partial charge in [0.25, 0.3) is 0 Å². The van der Waals surface area contributed by atoms with E-state index in [4.69, 9.17) is 4.74 Å². The van der Waals surface area contributed by atoms with Crippen LogP contribution in [0.2, 0.25) is 0 Å². The third-order valence-corrected chi connectivity index (χ3v) is 3.62. The maximum Gasteiger partial charge on any atom is 0.202 e. The Balaban J connectivity index is 1.78. The summed E-state index contributed by atoms with van der Waals surface area (Å²) in [5, 5.41) is 3.46. The fourth-order valence-corrected chi connectivity index (χ4v) is 2.45. The van der Waals surface area contributed by atoms with Crippen molar-refractivity contribution in [2.45, 2.75) is 19.9 Å². The lowest BCUT2D eigenvalue weighted by Crippen LogP contribution is -2.23. The second-order valence-corrected chi connectivity index (χ2v) is 4.87. The van der Waals surface area contributed by atoms with E-state index in [2.05, 4.69) is 26.7 Å². The van der Waals surface area contributed by atoms with Crippen molar-refractivity contribution in [2.24, 2.45) is 5.92 Å². The van der Waals surface area contributed by atoms with Crippen LogP contribution in [0.15, 0.2) is 12.4 Å². The van der Waals surface area contributed by atoms with Gasteiger partial charge < -0.3 is 19.5 Å². The van der Waals surface area contributed by atoms with Gasteiger partial charge in [-0.25, -0.2) is 4.98 Å². The van der Waals surface area contributed by atoms with Crippen molar-refractivity contribution in [2.75, 3.05) is 45.2 Å². The third kappa shape index (κ3) is 3.46. The Hall–Kier alpha value is -1.07. The first-order valence-electron chi connectivity index (χ1n) is 6.79. The van der Waals surface area contributed by atoms with Gasteiger partial charge in [-0.1, -0.05) is 6.92 Å². The molecule has 18 heavy (non-hydrogen) atoms. The summed E-state index contributed by atoms with van der Waals surface area (Å²) in [6.45, 7) is 8.43. The minimum atomic E-state index is 0.720. The van der Waals surface area contributed by atoms with Gasteiger partial charge in [-0.05, 0) is 25.4 Å². The molecule has 0 aliphatic carbocycles. The Morgan fingerprint density at radius 2 is 2.44 bits per heavy atom. The van der Waals surface area contributed by atoms with Crippen molar-refractivity contribution in [1.29, 1.82) is 0 Å². The molecule has 0 bridgehead atoms. The number of imidazole rings is 1. The first kappa shape index (κ1) is 13.4. The highest BCUT2D eigenvalue weighted by molar-refractivity contribution is 5.25. The largest absolute Gasteiger partial charge is 0.383 e. The number of rotatable bonds is 7. The number of hydrogen-bond acceptors (Lipinski definition) is 4. The number of ether oxygens (including phenoxy) is 1. The quantitative estimate of drug-likeness (QED) is 0.794. The monoisotopic (exact) mass is 252 g/mol. The summed E-state index contributed by atoms with van der Waals surface area (Å²) in [6, 6.07) is 0. The van der Waals surface area contributed by atoms with Crippen LogP contribution in [0.4, 0.5) is 5.95 Å². The normalized spacial score (nSPS) is 20.4. The first-order valence-corrected chi connectivity index (χ1v) is 6.79. The molecule has 1 saturated heterocycles. The van der Waals surface area contributed by atoms with Crippen LogP contribution in [0, 0.1) is 5.92 Å². The number of nitrogens with zero attached hydrogens (tertiary/aromatic N) is 3. The predicted octanol–water partition coefficient (Wildman–Crippen LogP) is 1.28. The number of aromatic nitrogens is 2. The van der Waals surface area contributed by atoms with Crippen molar-refractivity contribution >= 4 is 5.95 Å². The zero-order chi connectivity index (χ0) is 12.8. The molecule has 0 spiro atoms. The van der Waals surface area contributed by atoms with Gasteiger partial charge in [0.15, 0.2) is 0 Å². The maximum absolute atomic E-state index is 5.09. The number of anilines is 1. The minimum absolute atomic E-state index is 0.720. The molecule has 1 fully saturated rings. The average molecular weight is 252 g/mol. The molecule has 2 heterocycles. The third-order valence-electron chi connectivity index (χ3n) is 3.62. The molecule has 102 valence electrons. The highest BCUT2D eigenvalue weighted by atomic mass is 16.5. The van der Waals surface area contributed by atoms with Crippen molar-refractivity contribution in [1.82, 2.24) is 14.5 Å². The van der Waals surface area contributed by atoms with Crippen LogP contribution in [0.5, 0.6) is 0 Å². The topological polar surface area (TPSA) is 42.3 Å². The summed E-state index contributed by atoms with van der Waals surface area (Å²) in [7, 11) is 1.72. The van der Waals surface area contributed by atoms with Crippen molar-refractivity contribution in [3.8, 4) is 0 Å². The van der Waals surface area contributed by atoms with Gasteiger partial charge >= 0.3 is 0 Å². The Bertz CT molecular complexity index is 353. The van der Waals surface area contributed by atoms with E-state index in [1.807, 2.05) is 12.4 Å². The van der Waals surface area contributed by atoms with Gasteiger partial charge in [0, 0.05) is 39.1 Å². The van der Waals surface area contributed by atoms with Gasteiger partial charge in [0.05, 0.1) is 6.61 Å². The Kier molecular flexibility index (Phi) is 5.01. The van der Waals surface area contributed by atoms with Crippen molar-refractivity contribution in [3.63, 3.8) is 0 Å². The average Bonchev–Trinajstić information content (AvgIpc) is 3.02.